The lowest BCUT2D eigenvalue weighted by molar-refractivity contribution is -0.137. The number of alkyl halides is 3. The molecule has 0 radical (unpaired) electrons. The maximum Gasteiger partial charge on any atom is 0.416 e. The summed E-state index contributed by atoms with van der Waals surface area (Å²) in [5, 5.41) is 10.2. The first kappa shape index (κ1) is 19.6. The van der Waals surface area contributed by atoms with E-state index in [1.165, 1.54) is 12.1 Å². The number of benzene rings is 2. The Morgan fingerprint density at radius 2 is 1.73 bits per heavy atom. The summed E-state index contributed by atoms with van der Waals surface area (Å²) in [6, 6.07) is 14.1. The molecule has 154 valence electrons. The van der Waals surface area contributed by atoms with Crippen molar-refractivity contribution < 1.29 is 22.4 Å². The van der Waals surface area contributed by atoms with Crippen LogP contribution in [0.4, 0.5) is 30.4 Å². The molecule has 2 heterocycles. The molecule has 0 saturated carbocycles. The van der Waals surface area contributed by atoms with Crippen molar-refractivity contribution in [3.05, 3.63) is 71.9 Å². The lowest BCUT2D eigenvalue weighted by Crippen LogP contribution is -2.04. The normalized spacial score (nSPS) is 11.5. The van der Waals surface area contributed by atoms with Crippen LogP contribution in [-0.4, -0.2) is 17.3 Å². The Labute approximate surface area is 169 Å². The summed E-state index contributed by atoms with van der Waals surface area (Å²) in [7, 11) is 1.61. The van der Waals surface area contributed by atoms with Crippen molar-refractivity contribution in [3.63, 3.8) is 0 Å². The number of anilines is 3. The third-order valence-corrected chi connectivity index (χ3v) is 4.47. The number of hydrogen-bond donors (Lipinski definition) is 2. The van der Waals surface area contributed by atoms with Crippen LogP contribution in [0.1, 0.15) is 11.1 Å². The maximum atomic E-state index is 12.7. The number of nitrogens with one attached hydrogen (secondary N) is 2. The second kappa shape index (κ2) is 7.94. The molecular formula is C21H17F3N4O2. The predicted octanol–water partition coefficient (Wildman–Crippen LogP) is 5.61. The monoisotopic (exact) mass is 414 g/mol. The van der Waals surface area contributed by atoms with Crippen LogP contribution in [0, 0.1) is 0 Å². The molecule has 2 aromatic carbocycles. The zero-order valence-corrected chi connectivity index (χ0v) is 15.8. The van der Waals surface area contributed by atoms with Gasteiger partial charge in [0.1, 0.15) is 5.75 Å². The molecular weight excluding hydrogens is 397 g/mol. The van der Waals surface area contributed by atoms with Crippen molar-refractivity contribution in [1.82, 2.24) is 10.1 Å². The third-order valence-electron chi connectivity index (χ3n) is 4.47. The molecule has 4 rings (SSSR count). The fourth-order valence-electron chi connectivity index (χ4n) is 2.88. The van der Waals surface area contributed by atoms with Crippen LogP contribution >= 0.6 is 0 Å². The van der Waals surface area contributed by atoms with Crippen molar-refractivity contribution in [1.29, 1.82) is 0 Å². The van der Waals surface area contributed by atoms with Crippen molar-refractivity contribution in [2.75, 3.05) is 17.7 Å². The summed E-state index contributed by atoms with van der Waals surface area (Å²) in [4.78, 5) is 4.28. The molecule has 0 unspecified atom stereocenters. The average Bonchev–Trinajstić information content (AvgIpc) is 3.16. The number of nitrogens with zero attached hydrogens (tertiary/aromatic N) is 2. The zero-order valence-electron chi connectivity index (χ0n) is 15.8. The minimum absolute atomic E-state index is 0.317. The highest BCUT2D eigenvalue weighted by atomic mass is 19.4. The molecule has 0 aliphatic heterocycles. The van der Waals surface area contributed by atoms with Crippen molar-refractivity contribution in [3.8, 4) is 5.75 Å². The molecule has 9 heteroatoms. The van der Waals surface area contributed by atoms with Crippen LogP contribution in [-0.2, 0) is 12.7 Å². The second-order valence-electron chi connectivity index (χ2n) is 6.47. The Balaban J connectivity index is 1.51. The first-order chi connectivity index (χ1) is 14.4. The summed E-state index contributed by atoms with van der Waals surface area (Å²) >= 11 is 0. The lowest BCUT2D eigenvalue weighted by atomic mass is 10.2. The first-order valence-corrected chi connectivity index (χ1v) is 8.99. The Hall–Kier alpha value is -3.75. The first-order valence-electron chi connectivity index (χ1n) is 8.99. The van der Waals surface area contributed by atoms with Crippen LogP contribution in [0.25, 0.3) is 11.1 Å². The summed E-state index contributed by atoms with van der Waals surface area (Å²) in [5.74, 6) is 1.09. The molecule has 0 saturated heterocycles. The van der Waals surface area contributed by atoms with E-state index in [0.29, 0.717) is 34.8 Å². The van der Waals surface area contributed by atoms with Gasteiger partial charge in [0.2, 0.25) is 11.4 Å². The number of hydrogen-bond acceptors (Lipinski definition) is 6. The van der Waals surface area contributed by atoms with E-state index in [1.807, 2.05) is 24.3 Å². The lowest BCUT2D eigenvalue weighted by Gasteiger charge is -2.08. The number of halogens is 3. The van der Waals surface area contributed by atoms with Gasteiger partial charge in [-0.15, -0.1) is 0 Å². The fourth-order valence-corrected chi connectivity index (χ4v) is 2.88. The highest BCUT2D eigenvalue weighted by Crippen LogP contribution is 2.32. The van der Waals surface area contributed by atoms with Gasteiger partial charge >= 0.3 is 6.18 Å². The quantitative estimate of drug-likeness (QED) is 0.428. The van der Waals surface area contributed by atoms with E-state index in [-0.39, 0.29) is 0 Å². The average molecular weight is 414 g/mol. The minimum atomic E-state index is -4.38. The van der Waals surface area contributed by atoms with Crippen molar-refractivity contribution in [2.24, 2.45) is 0 Å². The smallest absolute Gasteiger partial charge is 0.416 e. The number of pyridine rings is 1. The van der Waals surface area contributed by atoms with E-state index >= 15 is 0 Å². The standard InChI is InChI=1S/C21H17F3N4O2/c1-29-16-8-2-13(3-9-16)12-26-17-10-11-25-18-19(17)30-28-20(18)27-15-6-4-14(5-7-15)21(22,23)24/h2-11H,12H2,1H3,(H,25,26)(H,27,28). The van der Waals surface area contributed by atoms with Gasteiger partial charge < -0.3 is 19.9 Å². The van der Waals surface area contributed by atoms with E-state index in [0.717, 1.165) is 23.4 Å². The molecule has 0 aliphatic rings. The molecule has 0 bridgehead atoms. The molecule has 2 N–H and O–H groups in total. The van der Waals surface area contributed by atoms with Crippen LogP contribution in [0.3, 0.4) is 0 Å². The summed E-state index contributed by atoms with van der Waals surface area (Å²) in [6.45, 7) is 0.547. The largest absolute Gasteiger partial charge is 0.497 e. The molecule has 0 atom stereocenters. The van der Waals surface area contributed by atoms with Gasteiger partial charge in [-0.3, -0.25) is 0 Å². The number of fused-ring (bicyclic) bond motifs is 1. The molecule has 2 aromatic heterocycles. The van der Waals surface area contributed by atoms with E-state index in [9.17, 15) is 13.2 Å². The van der Waals surface area contributed by atoms with Crippen LogP contribution < -0.4 is 15.4 Å². The minimum Gasteiger partial charge on any atom is -0.497 e. The Morgan fingerprint density at radius 3 is 2.40 bits per heavy atom. The Kier molecular flexibility index (Phi) is 5.18. The summed E-state index contributed by atoms with van der Waals surface area (Å²) in [5.41, 5.74) is 2.38. The molecule has 0 spiro atoms. The number of aromatic nitrogens is 2. The molecule has 0 fully saturated rings. The second-order valence-corrected chi connectivity index (χ2v) is 6.47. The number of rotatable bonds is 6. The van der Waals surface area contributed by atoms with Crippen LogP contribution in [0.15, 0.2) is 65.3 Å². The van der Waals surface area contributed by atoms with E-state index in [2.05, 4.69) is 20.8 Å². The van der Waals surface area contributed by atoms with Gasteiger partial charge in [0.05, 0.1) is 18.4 Å². The van der Waals surface area contributed by atoms with E-state index < -0.39 is 11.7 Å². The molecule has 6 nitrogen and oxygen atoms in total. The van der Waals surface area contributed by atoms with Gasteiger partial charge in [0.25, 0.3) is 0 Å². The van der Waals surface area contributed by atoms with Crippen molar-refractivity contribution in [2.45, 2.75) is 12.7 Å². The topological polar surface area (TPSA) is 72.2 Å². The van der Waals surface area contributed by atoms with Crippen LogP contribution in [0.2, 0.25) is 0 Å². The third kappa shape index (κ3) is 4.14. The van der Waals surface area contributed by atoms with Gasteiger partial charge in [-0.05, 0) is 48.0 Å². The Bertz CT molecular complexity index is 1140. The molecule has 4 aromatic rings. The number of methoxy groups -OCH3 is 1. The number of ether oxygens (including phenoxy) is 1. The molecule has 0 aliphatic carbocycles. The molecule has 30 heavy (non-hydrogen) atoms. The van der Waals surface area contributed by atoms with Gasteiger partial charge in [-0.2, -0.15) is 13.2 Å². The van der Waals surface area contributed by atoms with E-state index in [4.69, 9.17) is 9.26 Å². The summed E-state index contributed by atoms with van der Waals surface area (Å²) in [6.07, 6.45) is -2.78. The molecule has 0 amide bonds. The maximum absolute atomic E-state index is 12.7. The van der Waals surface area contributed by atoms with Gasteiger partial charge in [0, 0.05) is 18.4 Å². The van der Waals surface area contributed by atoms with Crippen molar-refractivity contribution >= 4 is 28.3 Å². The van der Waals surface area contributed by atoms with Gasteiger partial charge in [0.15, 0.2) is 5.52 Å². The summed E-state index contributed by atoms with van der Waals surface area (Å²) < 4.78 is 48.7. The van der Waals surface area contributed by atoms with Gasteiger partial charge in [-0.1, -0.05) is 17.3 Å². The highest BCUT2D eigenvalue weighted by molar-refractivity contribution is 5.93. The Morgan fingerprint density at radius 1 is 1.00 bits per heavy atom. The van der Waals surface area contributed by atoms with E-state index in [1.54, 1.807) is 19.4 Å². The highest BCUT2D eigenvalue weighted by Gasteiger charge is 2.30. The predicted molar refractivity (Wildman–Crippen MR) is 107 cm³/mol. The fraction of sp³-hybridized carbons (Fsp3) is 0.143. The SMILES string of the molecule is COc1ccc(CNc2ccnc3c(Nc4ccc(C(F)(F)F)cc4)noc23)cc1. The van der Waals surface area contributed by atoms with Gasteiger partial charge in [-0.25, -0.2) is 4.98 Å². The zero-order chi connectivity index (χ0) is 21.1. The van der Waals surface area contributed by atoms with Crippen LogP contribution in [0.5, 0.6) is 5.75 Å².